The number of benzene rings is 1. The van der Waals surface area contributed by atoms with Crippen molar-refractivity contribution in [3.63, 3.8) is 0 Å². The maximum absolute atomic E-state index is 11.7. The first kappa shape index (κ1) is 14.3. The lowest BCUT2D eigenvalue weighted by Gasteiger charge is -2.12. The Morgan fingerprint density at radius 2 is 2.17 bits per heavy atom. The normalized spacial score (nSPS) is 11.9. The zero-order valence-corrected chi connectivity index (χ0v) is 10.3. The number of nitrogens with one attached hydrogen (secondary N) is 1. The standard InChI is InChI=1S/C11H12ClNO5/c1-18-9(11(16)17)5-13-10(15)7-4-6(14)2-3-8(7)12/h2-4,9,14H,5H2,1H3,(H,13,15)(H,16,17). The first-order valence-corrected chi connectivity index (χ1v) is 5.35. The van der Waals surface area contributed by atoms with Gasteiger partial charge in [0, 0.05) is 7.11 Å². The Morgan fingerprint density at radius 3 is 2.72 bits per heavy atom. The molecule has 1 atom stereocenters. The topological polar surface area (TPSA) is 95.9 Å². The molecule has 0 bridgehead atoms. The molecular formula is C11H12ClNO5. The molecule has 98 valence electrons. The largest absolute Gasteiger partial charge is 0.508 e. The summed E-state index contributed by atoms with van der Waals surface area (Å²) in [6.07, 6.45) is -1.13. The molecule has 1 aromatic rings. The van der Waals surface area contributed by atoms with Gasteiger partial charge in [-0.2, -0.15) is 0 Å². The molecule has 0 saturated carbocycles. The number of ether oxygens (including phenoxy) is 1. The average Bonchev–Trinajstić information content (AvgIpc) is 2.32. The van der Waals surface area contributed by atoms with Crippen LogP contribution in [0.3, 0.4) is 0 Å². The number of halogens is 1. The minimum absolute atomic E-state index is 0.0666. The van der Waals surface area contributed by atoms with Crippen molar-refractivity contribution in [2.75, 3.05) is 13.7 Å². The molecule has 1 aromatic carbocycles. The van der Waals surface area contributed by atoms with Crippen LogP contribution in [0.1, 0.15) is 10.4 Å². The van der Waals surface area contributed by atoms with Gasteiger partial charge in [0.25, 0.3) is 5.91 Å². The molecule has 1 unspecified atom stereocenters. The summed E-state index contributed by atoms with van der Waals surface area (Å²) in [7, 11) is 1.23. The number of carbonyl (C=O) groups excluding carboxylic acids is 1. The zero-order chi connectivity index (χ0) is 13.7. The maximum Gasteiger partial charge on any atom is 0.334 e. The quantitative estimate of drug-likeness (QED) is 0.740. The predicted octanol–water partition coefficient (Wildman–Crippen LogP) is 0.875. The monoisotopic (exact) mass is 273 g/mol. The van der Waals surface area contributed by atoms with Crippen LogP contribution in [0.15, 0.2) is 18.2 Å². The molecule has 1 amide bonds. The van der Waals surface area contributed by atoms with Crippen LogP contribution in [0.4, 0.5) is 0 Å². The fourth-order valence-corrected chi connectivity index (χ4v) is 1.44. The van der Waals surface area contributed by atoms with E-state index in [1.54, 1.807) is 0 Å². The van der Waals surface area contributed by atoms with Crippen LogP contribution in [0, 0.1) is 0 Å². The summed E-state index contributed by atoms with van der Waals surface area (Å²) in [4.78, 5) is 22.4. The minimum atomic E-state index is -1.18. The van der Waals surface area contributed by atoms with Crippen molar-refractivity contribution in [1.82, 2.24) is 5.32 Å². The molecule has 3 N–H and O–H groups in total. The molecule has 1 rings (SSSR count). The summed E-state index contributed by atoms with van der Waals surface area (Å²) in [5.74, 6) is -1.87. The molecule has 0 radical (unpaired) electrons. The Morgan fingerprint density at radius 1 is 1.50 bits per heavy atom. The summed E-state index contributed by atoms with van der Waals surface area (Å²) in [6, 6.07) is 3.91. The van der Waals surface area contributed by atoms with Crippen molar-refractivity contribution in [1.29, 1.82) is 0 Å². The number of phenols is 1. The highest BCUT2D eigenvalue weighted by Gasteiger charge is 2.18. The van der Waals surface area contributed by atoms with Crippen molar-refractivity contribution >= 4 is 23.5 Å². The van der Waals surface area contributed by atoms with E-state index in [0.717, 1.165) is 0 Å². The predicted molar refractivity (Wildman–Crippen MR) is 63.9 cm³/mol. The smallest absolute Gasteiger partial charge is 0.334 e. The molecule has 7 heteroatoms. The molecule has 6 nitrogen and oxygen atoms in total. The zero-order valence-electron chi connectivity index (χ0n) is 9.51. The van der Waals surface area contributed by atoms with Crippen molar-refractivity contribution < 1.29 is 24.5 Å². The molecule has 0 saturated heterocycles. The number of hydrogen-bond acceptors (Lipinski definition) is 4. The van der Waals surface area contributed by atoms with Gasteiger partial charge in [-0.3, -0.25) is 4.79 Å². The number of aliphatic carboxylic acids is 1. The third-order valence-electron chi connectivity index (χ3n) is 2.20. The molecule has 0 aliphatic carbocycles. The number of carbonyl (C=O) groups is 2. The van der Waals surface area contributed by atoms with Gasteiger partial charge in [0.05, 0.1) is 17.1 Å². The lowest BCUT2D eigenvalue weighted by atomic mass is 10.2. The Bertz CT molecular complexity index is 463. The Kier molecular flexibility index (Phi) is 4.94. The van der Waals surface area contributed by atoms with Crippen LogP contribution in [0.25, 0.3) is 0 Å². The van der Waals surface area contributed by atoms with Crippen LogP contribution in [0.5, 0.6) is 5.75 Å². The van der Waals surface area contributed by atoms with E-state index in [2.05, 4.69) is 10.1 Å². The third kappa shape index (κ3) is 3.61. The van der Waals surface area contributed by atoms with E-state index >= 15 is 0 Å². The number of carboxylic acids is 1. The van der Waals surface area contributed by atoms with Crippen LogP contribution >= 0.6 is 11.6 Å². The average molecular weight is 274 g/mol. The van der Waals surface area contributed by atoms with Gasteiger partial charge in [0.2, 0.25) is 0 Å². The van der Waals surface area contributed by atoms with E-state index in [-0.39, 0.29) is 22.9 Å². The van der Waals surface area contributed by atoms with Crippen LogP contribution in [-0.2, 0) is 9.53 Å². The van der Waals surface area contributed by atoms with Gasteiger partial charge in [0.1, 0.15) is 5.75 Å². The Labute approximate surface area is 108 Å². The van der Waals surface area contributed by atoms with Gasteiger partial charge < -0.3 is 20.3 Å². The summed E-state index contributed by atoms with van der Waals surface area (Å²) in [5.41, 5.74) is 0.0666. The first-order valence-electron chi connectivity index (χ1n) is 4.98. The summed E-state index contributed by atoms with van der Waals surface area (Å²) in [6.45, 7) is -0.198. The lowest BCUT2D eigenvalue weighted by Crippen LogP contribution is -2.37. The number of hydrogen-bond donors (Lipinski definition) is 3. The van der Waals surface area contributed by atoms with Crippen molar-refractivity contribution in [2.24, 2.45) is 0 Å². The molecular weight excluding hydrogens is 262 g/mol. The molecule has 0 aliphatic rings. The number of amides is 1. The Balaban J connectivity index is 2.71. The molecule has 0 heterocycles. The number of aromatic hydroxyl groups is 1. The number of rotatable bonds is 5. The van der Waals surface area contributed by atoms with E-state index in [0.29, 0.717) is 0 Å². The minimum Gasteiger partial charge on any atom is -0.508 e. The van der Waals surface area contributed by atoms with Gasteiger partial charge in [-0.25, -0.2) is 4.79 Å². The van der Waals surface area contributed by atoms with E-state index in [1.165, 1.54) is 25.3 Å². The number of phenolic OH excluding ortho intramolecular Hbond substituents is 1. The second-order valence-electron chi connectivity index (χ2n) is 3.44. The van der Waals surface area contributed by atoms with Gasteiger partial charge in [-0.1, -0.05) is 11.6 Å². The van der Waals surface area contributed by atoms with E-state index < -0.39 is 18.0 Å². The molecule has 18 heavy (non-hydrogen) atoms. The van der Waals surface area contributed by atoms with Crippen LogP contribution < -0.4 is 5.32 Å². The summed E-state index contributed by atoms with van der Waals surface area (Å²) < 4.78 is 4.66. The van der Waals surface area contributed by atoms with Crippen molar-refractivity contribution in [3.05, 3.63) is 28.8 Å². The Hall–Kier alpha value is -1.79. The third-order valence-corrected chi connectivity index (χ3v) is 2.53. The van der Waals surface area contributed by atoms with E-state index in [1.807, 2.05) is 0 Å². The highest BCUT2D eigenvalue weighted by Crippen LogP contribution is 2.20. The SMILES string of the molecule is COC(CNC(=O)c1cc(O)ccc1Cl)C(=O)O. The van der Waals surface area contributed by atoms with E-state index in [9.17, 15) is 14.7 Å². The number of carboxylic acid groups (broad SMARTS) is 1. The molecule has 0 spiro atoms. The second-order valence-corrected chi connectivity index (χ2v) is 3.84. The fraction of sp³-hybridized carbons (Fsp3) is 0.273. The highest BCUT2D eigenvalue weighted by molar-refractivity contribution is 6.33. The molecule has 0 aromatic heterocycles. The molecule has 0 fully saturated rings. The highest BCUT2D eigenvalue weighted by atomic mass is 35.5. The van der Waals surface area contributed by atoms with Crippen molar-refractivity contribution in [2.45, 2.75) is 6.10 Å². The van der Waals surface area contributed by atoms with Crippen LogP contribution in [-0.4, -0.2) is 41.8 Å². The number of methoxy groups -OCH3 is 1. The summed E-state index contributed by atoms with van der Waals surface area (Å²) >= 11 is 5.78. The lowest BCUT2D eigenvalue weighted by molar-refractivity contribution is -0.148. The van der Waals surface area contributed by atoms with Crippen LogP contribution in [0.2, 0.25) is 5.02 Å². The van der Waals surface area contributed by atoms with Gasteiger partial charge in [-0.05, 0) is 18.2 Å². The second kappa shape index (κ2) is 6.23. The van der Waals surface area contributed by atoms with Gasteiger partial charge in [0.15, 0.2) is 6.10 Å². The first-order chi connectivity index (χ1) is 8.45. The van der Waals surface area contributed by atoms with E-state index in [4.69, 9.17) is 16.7 Å². The fourth-order valence-electron chi connectivity index (χ4n) is 1.24. The van der Waals surface area contributed by atoms with Gasteiger partial charge >= 0.3 is 5.97 Å². The molecule has 0 aliphatic heterocycles. The van der Waals surface area contributed by atoms with Gasteiger partial charge in [-0.15, -0.1) is 0 Å². The summed E-state index contributed by atoms with van der Waals surface area (Å²) in [5, 5.41) is 20.5. The van der Waals surface area contributed by atoms with Crippen molar-refractivity contribution in [3.8, 4) is 5.75 Å². The maximum atomic E-state index is 11.7.